The number of carbonyl (C=O) groups is 1. The second-order valence-electron chi connectivity index (χ2n) is 7.85. The minimum absolute atomic E-state index is 0.0343. The van der Waals surface area contributed by atoms with Gasteiger partial charge in [0.2, 0.25) is 0 Å². The van der Waals surface area contributed by atoms with Crippen LogP contribution < -0.4 is 10.6 Å². The van der Waals surface area contributed by atoms with Crippen molar-refractivity contribution in [3.8, 4) is 0 Å². The minimum Gasteiger partial charge on any atom is -0.383 e. The first-order valence-electron chi connectivity index (χ1n) is 10.5. The summed E-state index contributed by atoms with van der Waals surface area (Å²) >= 11 is 0. The van der Waals surface area contributed by atoms with Gasteiger partial charge < -0.3 is 20.5 Å². The van der Waals surface area contributed by atoms with E-state index in [0.717, 1.165) is 34.7 Å². The number of hydrogen-bond acceptors (Lipinski definition) is 3. The summed E-state index contributed by atoms with van der Waals surface area (Å²) in [6.07, 6.45) is 1.54. The molecule has 2 amide bonds. The summed E-state index contributed by atoms with van der Waals surface area (Å²) in [5.74, 6) is 0.0343. The molecule has 0 unspecified atom stereocenters. The Hall–Kier alpha value is -2.89. The van der Waals surface area contributed by atoms with Gasteiger partial charge >= 0.3 is 6.03 Å². The lowest BCUT2D eigenvalue weighted by Gasteiger charge is -2.39. The molecule has 3 aromatic carbocycles. The number of benzene rings is 3. The average molecular weight is 405 g/mol. The normalized spacial score (nSPS) is 16.7. The molecule has 5 heteroatoms. The molecule has 156 valence electrons. The van der Waals surface area contributed by atoms with Crippen LogP contribution in [0.2, 0.25) is 0 Å². The first-order valence-corrected chi connectivity index (χ1v) is 10.5. The number of ether oxygens (including phenoxy) is 1. The maximum Gasteiger partial charge on any atom is 0.315 e. The number of amides is 2. The van der Waals surface area contributed by atoms with Crippen LogP contribution in [0.25, 0.3) is 10.8 Å². The third-order valence-electron chi connectivity index (χ3n) is 6.01. The number of urea groups is 1. The summed E-state index contributed by atoms with van der Waals surface area (Å²) in [6, 6.07) is 23.5. The molecule has 0 aliphatic carbocycles. The number of hydrogen-bond donors (Lipinski definition) is 3. The molecule has 4 rings (SSSR count). The van der Waals surface area contributed by atoms with Gasteiger partial charge in [-0.2, -0.15) is 0 Å². The van der Waals surface area contributed by atoms with Gasteiger partial charge in [0.15, 0.2) is 0 Å². The predicted molar refractivity (Wildman–Crippen MR) is 118 cm³/mol. The highest BCUT2D eigenvalue weighted by atomic mass is 16.5. The van der Waals surface area contributed by atoms with E-state index in [1.54, 1.807) is 0 Å². The van der Waals surface area contributed by atoms with E-state index < -0.39 is 5.60 Å². The highest BCUT2D eigenvalue weighted by Crippen LogP contribution is 2.35. The van der Waals surface area contributed by atoms with Gasteiger partial charge in [-0.3, -0.25) is 0 Å². The van der Waals surface area contributed by atoms with E-state index in [1.807, 2.05) is 54.6 Å². The lowest BCUT2D eigenvalue weighted by molar-refractivity contribution is -0.0676. The Balaban J connectivity index is 1.42. The van der Waals surface area contributed by atoms with Crippen LogP contribution in [0.5, 0.6) is 0 Å². The van der Waals surface area contributed by atoms with Gasteiger partial charge in [0.1, 0.15) is 5.60 Å². The van der Waals surface area contributed by atoms with Crippen molar-refractivity contribution in [2.24, 2.45) is 5.92 Å². The second-order valence-corrected chi connectivity index (χ2v) is 7.85. The molecule has 1 atom stereocenters. The van der Waals surface area contributed by atoms with Crippen molar-refractivity contribution in [2.45, 2.75) is 25.0 Å². The fourth-order valence-corrected chi connectivity index (χ4v) is 4.28. The summed E-state index contributed by atoms with van der Waals surface area (Å²) in [4.78, 5) is 12.6. The van der Waals surface area contributed by atoms with Gasteiger partial charge in [0.05, 0.1) is 6.54 Å². The first kappa shape index (κ1) is 20.4. The van der Waals surface area contributed by atoms with E-state index in [-0.39, 0.29) is 18.5 Å². The molecule has 0 saturated carbocycles. The van der Waals surface area contributed by atoms with E-state index in [0.29, 0.717) is 19.8 Å². The van der Waals surface area contributed by atoms with Crippen molar-refractivity contribution in [3.05, 3.63) is 83.9 Å². The SMILES string of the molecule is O=C(NCc1cccc2ccccc12)NC[C@@](O)(c1ccccc1)C1CCOCC1. The molecule has 1 fully saturated rings. The largest absolute Gasteiger partial charge is 0.383 e. The standard InChI is InChI=1S/C25H28N2O3/c28-24(26-17-20-9-6-8-19-7-4-5-12-23(19)20)27-18-25(29,21-10-2-1-3-11-21)22-13-15-30-16-14-22/h1-12,22,29H,13-18H2,(H2,26,27,28)/t25-/m1/s1. The van der Waals surface area contributed by atoms with Crippen molar-refractivity contribution in [2.75, 3.05) is 19.8 Å². The molecule has 5 nitrogen and oxygen atoms in total. The number of nitrogens with one attached hydrogen (secondary N) is 2. The number of carbonyl (C=O) groups excluding carboxylic acids is 1. The van der Waals surface area contributed by atoms with Crippen LogP contribution in [0.1, 0.15) is 24.0 Å². The molecule has 1 saturated heterocycles. The molecule has 1 aliphatic heterocycles. The Bertz CT molecular complexity index is 981. The molecule has 0 bridgehead atoms. The Labute approximate surface area is 177 Å². The zero-order valence-corrected chi connectivity index (χ0v) is 17.0. The van der Waals surface area contributed by atoms with Crippen LogP contribution in [-0.4, -0.2) is 30.9 Å². The van der Waals surface area contributed by atoms with E-state index in [2.05, 4.69) is 28.8 Å². The van der Waals surface area contributed by atoms with E-state index in [1.165, 1.54) is 0 Å². The van der Waals surface area contributed by atoms with Gasteiger partial charge in [-0.1, -0.05) is 72.8 Å². The fourth-order valence-electron chi connectivity index (χ4n) is 4.28. The monoisotopic (exact) mass is 404 g/mol. The fraction of sp³-hybridized carbons (Fsp3) is 0.320. The quantitative estimate of drug-likeness (QED) is 0.583. The molecular weight excluding hydrogens is 376 g/mol. The van der Waals surface area contributed by atoms with Gasteiger partial charge in [-0.25, -0.2) is 4.79 Å². The maximum absolute atomic E-state index is 12.6. The molecule has 3 N–H and O–H groups in total. The van der Waals surface area contributed by atoms with Crippen LogP contribution in [0, 0.1) is 5.92 Å². The summed E-state index contributed by atoms with van der Waals surface area (Å²) in [7, 11) is 0. The average Bonchev–Trinajstić information content (AvgIpc) is 2.82. The number of fused-ring (bicyclic) bond motifs is 1. The van der Waals surface area contributed by atoms with Crippen molar-refractivity contribution in [1.29, 1.82) is 0 Å². The highest BCUT2D eigenvalue weighted by molar-refractivity contribution is 5.86. The van der Waals surface area contributed by atoms with Gasteiger partial charge in [0, 0.05) is 19.8 Å². The smallest absolute Gasteiger partial charge is 0.315 e. The Morgan fingerprint density at radius 2 is 1.63 bits per heavy atom. The van der Waals surface area contributed by atoms with Crippen molar-refractivity contribution in [1.82, 2.24) is 10.6 Å². The van der Waals surface area contributed by atoms with Crippen molar-refractivity contribution >= 4 is 16.8 Å². The molecule has 1 heterocycles. The van der Waals surface area contributed by atoms with Crippen molar-refractivity contribution in [3.63, 3.8) is 0 Å². The Morgan fingerprint density at radius 3 is 2.43 bits per heavy atom. The molecule has 0 aromatic heterocycles. The summed E-state index contributed by atoms with van der Waals surface area (Å²) in [6.45, 7) is 1.84. The van der Waals surface area contributed by atoms with Gasteiger partial charge in [0.25, 0.3) is 0 Å². The summed E-state index contributed by atoms with van der Waals surface area (Å²) in [5, 5.41) is 19.7. The highest BCUT2D eigenvalue weighted by Gasteiger charge is 2.39. The summed E-state index contributed by atoms with van der Waals surface area (Å²) in [5.41, 5.74) is 0.763. The molecule has 30 heavy (non-hydrogen) atoms. The van der Waals surface area contributed by atoms with E-state index >= 15 is 0 Å². The zero-order valence-electron chi connectivity index (χ0n) is 17.0. The lowest BCUT2D eigenvalue weighted by Crippen LogP contribution is -2.49. The van der Waals surface area contributed by atoms with E-state index in [4.69, 9.17) is 4.74 Å². The Morgan fingerprint density at radius 1 is 0.933 bits per heavy atom. The Kier molecular flexibility index (Phi) is 6.31. The van der Waals surface area contributed by atoms with Crippen LogP contribution in [0.3, 0.4) is 0 Å². The molecule has 0 spiro atoms. The van der Waals surface area contributed by atoms with Crippen molar-refractivity contribution < 1.29 is 14.6 Å². The second kappa shape index (κ2) is 9.28. The van der Waals surface area contributed by atoms with Gasteiger partial charge in [-0.15, -0.1) is 0 Å². The summed E-state index contributed by atoms with van der Waals surface area (Å²) < 4.78 is 5.47. The number of rotatable bonds is 6. The maximum atomic E-state index is 12.6. The van der Waals surface area contributed by atoms with Crippen LogP contribution >= 0.6 is 0 Å². The third-order valence-corrected chi connectivity index (χ3v) is 6.01. The molecular formula is C25H28N2O3. The predicted octanol–water partition coefficient (Wildman–Crippen LogP) is 3.95. The molecule has 3 aromatic rings. The van der Waals surface area contributed by atoms with E-state index in [9.17, 15) is 9.90 Å². The first-order chi connectivity index (χ1) is 14.7. The number of aliphatic hydroxyl groups is 1. The molecule has 1 aliphatic rings. The van der Waals surface area contributed by atoms with Crippen LogP contribution in [0.4, 0.5) is 4.79 Å². The zero-order chi connectivity index (χ0) is 20.8. The third kappa shape index (κ3) is 4.48. The minimum atomic E-state index is -1.12. The van der Waals surface area contributed by atoms with Crippen LogP contribution in [-0.2, 0) is 16.9 Å². The molecule has 0 radical (unpaired) electrons. The topological polar surface area (TPSA) is 70.6 Å². The van der Waals surface area contributed by atoms with Crippen LogP contribution in [0.15, 0.2) is 72.8 Å². The lowest BCUT2D eigenvalue weighted by atomic mass is 9.77. The van der Waals surface area contributed by atoms with Gasteiger partial charge in [-0.05, 0) is 40.7 Å².